The monoisotopic (exact) mass is 314 g/mol. The normalized spacial score (nSPS) is 16.8. The second-order valence-corrected chi connectivity index (χ2v) is 5.50. The fraction of sp³-hybridized carbons (Fsp3) is 0.562. The van der Waals surface area contributed by atoms with Crippen molar-refractivity contribution in [3.05, 3.63) is 35.6 Å². The van der Waals surface area contributed by atoms with Crippen molar-refractivity contribution in [1.29, 1.82) is 0 Å². The second kappa shape index (κ2) is 9.00. The number of nitrogens with one attached hydrogen (secondary N) is 1. The molecule has 1 aromatic rings. The van der Waals surface area contributed by atoms with Gasteiger partial charge in [-0.3, -0.25) is 4.79 Å². The first-order chi connectivity index (χ1) is 9.66. The molecule has 0 radical (unpaired) electrons. The highest BCUT2D eigenvalue weighted by Crippen LogP contribution is 2.14. The smallest absolute Gasteiger partial charge is 0.225 e. The maximum absolute atomic E-state index is 13.1. The molecule has 2 rings (SSSR count). The van der Waals surface area contributed by atoms with Gasteiger partial charge in [0.15, 0.2) is 0 Å². The topological polar surface area (TPSA) is 32.3 Å². The number of nitrogens with zero attached hydrogens (tertiary/aromatic N) is 1. The maximum atomic E-state index is 13.1. The number of amides is 1. The van der Waals surface area contributed by atoms with Crippen molar-refractivity contribution in [2.24, 2.45) is 5.92 Å². The molecule has 1 unspecified atom stereocenters. The Morgan fingerprint density at radius 3 is 2.95 bits per heavy atom. The minimum absolute atomic E-state index is 0. The summed E-state index contributed by atoms with van der Waals surface area (Å²) in [6.45, 7) is 5.48. The van der Waals surface area contributed by atoms with Gasteiger partial charge in [-0.1, -0.05) is 19.1 Å². The number of carbonyl (C=O) groups excluding carboxylic acids is 1. The van der Waals surface area contributed by atoms with Crippen LogP contribution in [0.5, 0.6) is 0 Å². The molecular weight excluding hydrogens is 291 g/mol. The summed E-state index contributed by atoms with van der Waals surface area (Å²) in [5.41, 5.74) is 0.960. The minimum atomic E-state index is -0.208. The number of hydrogen-bond acceptors (Lipinski definition) is 2. The van der Waals surface area contributed by atoms with Gasteiger partial charge in [-0.2, -0.15) is 0 Å². The third kappa shape index (κ3) is 5.64. The van der Waals surface area contributed by atoms with Crippen LogP contribution in [0.15, 0.2) is 24.3 Å². The van der Waals surface area contributed by atoms with E-state index >= 15 is 0 Å². The predicted molar refractivity (Wildman–Crippen MR) is 85.2 cm³/mol. The Hall–Kier alpha value is -1.13. The van der Waals surface area contributed by atoms with Crippen molar-refractivity contribution in [3.63, 3.8) is 0 Å². The van der Waals surface area contributed by atoms with E-state index in [1.165, 1.54) is 6.07 Å². The fourth-order valence-corrected chi connectivity index (χ4v) is 2.58. The van der Waals surface area contributed by atoms with E-state index in [2.05, 4.69) is 5.32 Å². The quantitative estimate of drug-likeness (QED) is 0.926. The summed E-state index contributed by atoms with van der Waals surface area (Å²) >= 11 is 0. The SMILES string of the molecule is CC(CCc1cccc(F)c1)C(=O)N1CCCNCC1.Cl. The number of carbonyl (C=O) groups is 1. The molecule has 3 nitrogen and oxygen atoms in total. The van der Waals surface area contributed by atoms with Crippen LogP contribution in [0.3, 0.4) is 0 Å². The van der Waals surface area contributed by atoms with Crippen LogP contribution in [0.4, 0.5) is 4.39 Å². The Morgan fingerprint density at radius 2 is 2.19 bits per heavy atom. The van der Waals surface area contributed by atoms with Gasteiger partial charge in [-0.05, 0) is 43.5 Å². The third-order valence-corrected chi connectivity index (χ3v) is 3.83. The summed E-state index contributed by atoms with van der Waals surface area (Å²) in [6, 6.07) is 6.63. The number of hydrogen-bond donors (Lipinski definition) is 1. The summed E-state index contributed by atoms with van der Waals surface area (Å²) in [6.07, 6.45) is 2.53. The standard InChI is InChI=1S/C16H23FN2O.ClH/c1-13(6-7-14-4-2-5-15(17)12-14)16(20)19-10-3-8-18-9-11-19;/h2,4-5,12-13,18H,3,6-11H2,1H3;1H. The van der Waals surface area contributed by atoms with Gasteiger partial charge in [0, 0.05) is 25.6 Å². The summed E-state index contributed by atoms with van der Waals surface area (Å²) in [5.74, 6) is 0.0153. The summed E-state index contributed by atoms with van der Waals surface area (Å²) < 4.78 is 13.1. The Morgan fingerprint density at radius 1 is 1.38 bits per heavy atom. The van der Waals surface area contributed by atoms with E-state index in [4.69, 9.17) is 0 Å². The Labute approximate surface area is 132 Å². The summed E-state index contributed by atoms with van der Waals surface area (Å²) in [5, 5.41) is 3.30. The highest BCUT2D eigenvalue weighted by atomic mass is 35.5. The molecule has 1 heterocycles. The van der Waals surface area contributed by atoms with Gasteiger partial charge in [0.25, 0.3) is 0 Å². The summed E-state index contributed by atoms with van der Waals surface area (Å²) in [7, 11) is 0. The highest BCUT2D eigenvalue weighted by Gasteiger charge is 2.20. The molecule has 118 valence electrons. The van der Waals surface area contributed by atoms with Gasteiger partial charge in [-0.15, -0.1) is 12.4 Å². The van der Waals surface area contributed by atoms with Crippen LogP contribution in [0.2, 0.25) is 0 Å². The van der Waals surface area contributed by atoms with E-state index in [1.54, 1.807) is 12.1 Å². The molecule has 0 bridgehead atoms. The van der Waals surface area contributed by atoms with Crippen LogP contribution in [0.25, 0.3) is 0 Å². The van der Waals surface area contributed by atoms with Crippen molar-refractivity contribution in [1.82, 2.24) is 10.2 Å². The predicted octanol–water partition coefficient (Wildman–Crippen LogP) is 2.64. The van der Waals surface area contributed by atoms with Crippen molar-refractivity contribution < 1.29 is 9.18 Å². The van der Waals surface area contributed by atoms with Crippen LogP contribution in [-0.2, 0) is 11.2 Å². The van der Waals surface area contributed by atoms with E-state index in [9.17, 15) is 9.18 Å². The molecule has 1 aromatic carbocycles. The van der Waals surface area contributed by atoms with Gasteiger partial charge in [0.1, 0.15) is 5.82 Å². The first-order valence-corrected chi connectivity index (χ1v) is 7.41. The van der Waals surface area contributed by atoms with E-state index < -0.39 is 0 Å². The largest absolute Gasteiger partial charge is 0.341 e. The van der Waals surface area contributed by atoms with Crippen LogP contribution in [0, 0.1) is 11.7 Å². The zero-order chi connectivity index (χ0) is 14.4. The van der Waals surface area contributed by atoms with Crippen molar-refractivity contribution in [2.75, 3.05) is 26.2 Å². The zero-order valence-electron chi connectivity index (χ0n) is 12.5. The Balaban J connectivity index is 0.00000220. The minimum Gasteiger partial charge on any atom is -0.341 e. The summed E-state index contributed by atoms with van der Waals surface area (Å²) in [4.78, 5) is 14.3. The molecule has 1 aliphatic rings. The molecule has 0 aliphatic carbocycles. The van der Waals surface area contributed by atoms with Gasteiger partial charge in [0.2, 0.25) is 5.91 Å². The zero-order valence-corrected chi connectivity index (χ0v) is 13.3. The second-order valence-electron chi connectivity index (χ2n) is 5.50. The molecule has 1 N–H and O–H groups in total. The van der Waals surface area contributed by atoms with Crippen molar-refractivity contribution in [3.8, 4) is 0 Å². The third-order valence-electron chi connectivity index (χ3n) is 3.83. The van der Waals surface area contributed by atoms with E-state index in [0.717, 1.165) is 51.0 Å². The molecule has 1 aliphatic heterocycles. The lowest BCUT2D eigenvalue weighted by atomic mass is 9.99. The molecule has 5 heteroatoms. The Kier molecular flexibility index (Phi) is 7.68. The van der Waals surface area contributed by atoms with Gasteiger partial charge in [0.05, 0.1) is 0 Å². The molecule has 1 amide bonds. The lowest BCUT2D eigenvalue weighted by molar-refractivity contribution is -0.134. The number of rotatable bonds is 4. The average molecular weight is 315 g/mol. The molecule has 0 spiro atoms. The molecule has 1 saturated heterocycles. The number of halogens is 2. The fourth-order valence-electron chi connectivity index (χ4n) is 2.58. The average Bonchev–Trinajstić information content (AvgIpc) is 2.73. The molecule has 1 atom stereocenters. The molecule has 1 fully saturated rings. The lowest BCUT2D eigenvalue weighted by Crippen LogP contribution is -2.37. The van der Waals surface area contributed by atoms with Gasteiger partial charge >= 0.3 is 0 Å². The first kappa shape index (κ1) is 17.9. The van der Waals surface area contributed by atoms with E-state index in [0.29, 0.717) is 0 Å². The lowest BCUT2D eigenvalue weighted by Gasteiger charge is -2.23. The molecular formula is C16H24ClFN2O. The van der Waals surface area contributed by atoms with Crippen LogP contribution in [0.1, 0.15) is 25.3 Å². The highest BCUT2D eigenvalue weighted by molar-refractivity contribution is 5.85. The molecule has 21 heavy (non-hydrogen) atoms. The number of aryl methyl sites for hydroxylation is 1. The molecule has 0 saturated carbocycles. The van der Waals surface area contributed by atoms with Gasteiger partial charge < -0.3 is 10.2 Å². The van der Waals surface area contributed by atoms with Gasteiger partial charge in [-0.25, -0.2) is 4.39 Å². The van der Waals surface area contributed by atoms with Crippen molar-refractivity contribution >= 4 is 18.3 Å². The maximum Gasteiger partial charge on any atom is 0.225 e. The van der Waals surface area contributed by atoms with Crippen LogP contribution in [-0.4, -0.2) is 37.0 Å². The van der Waals surface area contributed by atoms with Crippen LogP contribution < -0.4 is 5.32 Å². The van der Waals surface area contributed by atoms with E-state index in [1.807, 2.05) is 17.9 Å². The van der Waals surface area contributed by atoms with Crippen LogP contribution >= 0.6 is 12.4 Å². The number of benzene rings is 1. The molecule has 0 aromatic heterocycles. The Bertz CT molecular complexity index is 448. The first-order valence-electron chi connectivity index (χ1n) is 7.41. The van der Waals surface area contributed by atoms with E-state index in [-0.39, 0.29) is 30.0 Å². The van der Waals surface area contributed by atoms with Crippen molar-refractivity contribution in [2.45, 2.75) is 26.2 Å².